The molecule has 2 atom stereocenters. The van der Waals surface area contributed by atoms with E-state index in [2.05, 4.69) is 5.32 Å². The van der Waals surface area contributed by atoms with Crippen molar-refractivity contribution < 1.29 is 29.0 Å². The Labute approximate surface area is 159 Å². The number of alkyl carbamates (subject to hydrolysis) is 1. The first-order valence-electron chi connectivity index (χ1n) is 8.59. The first-order valence-corrected chi connectivity index (χ1v) is 9.63. The summed E-state index contributed by atoms with van der Waals surface area (Å²) >= 11 is 1.58. The fraction of sp³-hybridized carbons (Fsp3) is 0.824. The Morgan fingerprint density at radius 2 is 1.73 bits per heavy atom. The van der Waals surface area contributed by atoms with Crippen molar-refractivity contribution in [2.75, 3.05) is 12.4 Å². The maximum atomic E-state index is 12.1. The Morgan fingerprint density at radius 3 is 2.23 bits per heavy atom. The first-order chi connectivity index (χ1) is 11.8. The zero-order chi connectivity index (χ0) is 20.1. The number of aliphatic carboxylic acids is 1. The topological polar surface area (TPSA) is 105 Å². The minimum absolute atomic E-state index is 0.102. The molecule has 2 N–H and O–H groups in total. The van der Waals surface area contributed by atoms with Crippen molar-refractivity contribution in [2.24, 2.45) is 0 Å². The van der Waals surface area contributed by atoms with Crippen molar-refractivity contribution in [1.29, 1.82) is 0 Å². The normalized spacial score (nSPS) is 19.0. The number of ether oxygens (including phenoxy) is 2. The molecule has 1 fully saturated rings. The number of carbonyl (C=O) groups is 3. The van der Waals surface area contributed by atoms with Gasteiger partial charge in [0.25, 0.3) is 0 Å². The Balaban J connectivity index is 2.47. The molecule has 0 saturated carbocycles. The van der Waals surface area contributed by atoms with Crippen LogP contribution in [-0.4, -0.2) is 63.1 Å². The van der Waals surface area contributed by atoms with E-state index >= 15 is 0 Å². The second kappa shape index (κ2) is 8.83. The van der Waals surface area contributed by atoms with Gasteiger partial charge in [-0.2, -0.15) is 0 Å². The molecule has 1 rings (SSSR count). The van der Waals surface area contributed by atoms with E-state index in [1.54, 1.807) is 37.4 Å². The predicted molar refractivity (Wildman–Crippen MR) is 99.2 cm³/mol. The fourth-order valence-corrected chi connectivity index (χ4v) is 3.42. The van der Waals surface area contributed by atoms with Crippen LogP contribution >= 0.6 is 11.8 Å². The molecule has 150 valence electrons. The summed E-state index contributed by atoms with van der Waals surface area (Å²) in [7, 11) is 0. The standard InChI is InChI=1S/C17H30N2O6S/c1-16(2,3)24-14(22)18-12(13(20)21)8-7-11-9-19(10-26-11)15(23)25-17(4,5)6/h11-12H,7-10H2,1-6H3,(H,18,22)(H,20,21)/t11-,12-/m0/s1. The second-order valence-electron chi connectivity index (χ2n) is 8.23. The molecular weight excluding hydrogens is 360 g/mol. The number of nitrogens with zero attached hydrogens (tertiary/aromatic N) is 1. The molecule has 26 heavy (non-hydrogen) atoms. The van der Waals surface area contributed by atoms with Crippen molar-refractivity contribution in [1.82, 2.24) is 10.2 Å². The quantitative estimate of drug-likeness (QED) is 0.743. The van der Waals surface area contributed by atoms with Gasteiger partial charge in [0.05, 0.1) is 5.88 Å². The van der Waals surface area contributed by atoms with E-state index in [9.17, 15) is 19.5 Å². The molecule has 9 heteroatoms. The van der Waals surface area contributed by atoms with Gasteiger partial charge in [0.1, 0.15) is 17.2 Å². The SMILES string of the molecule is CC(C)(C)OC(=O)N[C@@H](CC[C@H]1CN(C(=O)OC(C)(C)C)CS1)C(=O)O. The van der Waals surface area contributed by atoms with E-state index < -0.39 is 29.3 Å². The molecule has 1 saturated heterocycles. The fourth-order valence-electron chi connectivity index (χ4n) is 2.23. The Hall–Kier alpha value is -1.64. The lowest BCUT2D eigenvalue weighted by Gasteiger charge is -2.24. The molecule has 8 nitrogen and oxygen atoms in total. The Bertz CT molecular complexity index is 526. The van der Waals surface area contributed by atoms with Gasteiger partial charge in [0.15, 0.2) is 0 Å². The van der Waals surface area contributed by atoms with Crippen molar-refractivity contribution in [3.05, 3.63) is 0 Å². The Morgan fingerprint density at radius 1 is 1.15 bits per heavy atom. The molecule has 0 unspecified atom stereocenters. The third-order valence-electron chi connectivity index (χ3n) is 3.31. The number of amides is 2. The summed E-state index contributed by atoms with van der Waals surface area (Å²) in [6.07, 6.45) is -0.306. The van der Waals surface area contributed by atoms with Crippen molar-refractivity contribution in [2.45, 2.75) is 76.9 Å². The van der Waals surface area contributed by atoms with Gasteiger partial charge in [0, 0.05) is 11.8 Å². The molecule has 0 aliphatic carbocycles. The van der Waals surface area contributed by atoms with Crippen molar-refractivity contribution in [3.63, 3.8) is 0 Å². The summed E-state index contributed by atoms with van der Waals surface area (Å²) in [5.74, 6) is -0.598. The van der Waals surface area contributed by atoms with E-state index in [4.69, 9.17) is 9.47 Å². The molecule has 0 spiro atoms. The monoisotopic (exact) mass is 390 g/mol. The average Bonchev–Trinajstić information content (AvgIpc) is 2.88. The van der Waals surface area contributed by atoms with Crippen LogP contribution in [0.2, 0.25) is 0 Å². The van der Waals surface area contributed by atoms with Gasteiger partial charge in [0.2, 0.25) is 0 Å². The van der Waals surface area contributed by atoms with Crippen molar-refractivity contribution >= 4 is 29.9 Å². The Kier molecular flexibility index (Phi) is 7.61. The van der Waals surface area contributed by atoms with Crippen LogP contribution in [0.3, 0.4) is 0 Å². The number of hydrogen-bond acceptors (Lipinski definition) is 6. The van der Waals surface area contributed by atoms with Crippen molar-refractivity contribution in [3.8, 4) is 0 Å². The summed E-state index contributed by atoms with van der Waals surface area (Å²) in [5, 5.41) is 11.8. The largest absolute Gasteiger partial charge is 0.480 e. The second-order valence-corrected chi connectivity index (χ2v) is 9.49. The van der Waals surface area contributed by atoms with E-state index in [0.29, 0.717) is 18.8 Å². The van der Waals surface area contributed by atoms with Crippen LogP contribution in [0.25, 0.3) is 0 Å². The van der Waals surface area contributed by atoms with Gasteiger partial charge in [-0.05, 0) is 54.4 Å². The van der Waals surface area contributed by atoms with Gasteiger partial charge < -0.3 is 19.9 Å². The third-order valence-corrected chi connectivity index (χ3v) is 4.63. The highest BCUT2D eigenvalue weighted by molar-refractivity contribution is 8.00. The minimum atomic E-state index is -1.11. The average molecular weight is 391 g/mol. The molecule has 2 amide bonds. The number of carboxylic acid groups (broad SMARTS) is 1. The zero-order valence-corrected chi connectivity index (χ0v) is 17.1. The van der Waals surface area contributed by atoms with Crippen LogP contribution in [0, 0.1) is 0 Å². The number of rotatable bonds is 5. The molecular formula is C17H30N2O6S. The number of carboxylic acids is 1. The van der Waals surface area contributed by atoms with E-state index in [0.717, 1.165) is 0 Å². The van der Waals surface area contributed by atoms with Gasteiger partial charge in [-0.25, -0.2) is 14.4 Å². The van der Waals surface area contributed by atoms with Crippen LogP contribution in [0.4, 0.5) is 9.59 Å². The number of nitrogens with one attached hydrogen (secondary N) is 1. The third kappa shape index (κ3) is 8.64. The number of hydrogen-bond donors (Lipinski definition) is 2. The maximum absolute atomic E-state index is 12.1. The molecule has 0 aromatic heterocycles. The van der Waals surface area contributed by atoms with Crippen LogP contribution in [-0.2, 0) is 14.3 Å². The molecule has 0 aromatic carbocycles. The first kappa shape index (κ1) is 22.4. The zero-order valence-electron chi connectivity index (χ0n) is 16.3. The number of carbonyl (C=O) groups excluding carboxylic acids is 2. The lowest BCUT2D eigenvalue weighted by atomic mass is 10.1. The van der Waals surface area contributed by atoms with Crippen LogP contribution in [0.5, 0.6) is 0 Å². The molecule has 0 bridgehead atoms. The van der Waals surface area contributed by atoms with Gasteiger partial charge in [-0.1, -0.05) is 0 Å². The number of thioether (sulfide) groups is 1. The highest BCUT2D eigenvalue weighted by atomic mass is 32.2. The lowest BCUT2D eigenvalue weighted by Crippen LogP contribution is -2.43. The summed E-state index contributed by atoms with van der Waals surface area (Å²) in [6.45, 7) is 11.1. The summed E-state index contributed by atoms with van der Waals surface area (Å²) in [6, 6.07) is -1.03. The smallest absolute Gasteiger partial charge is 0.411 e. The molecule has 0 aromatic rings. The lowest BCUT2D eigenvalue weighted by molar-refractivity contribution is -0.139. The van der Waals surface area contributed by atoms with Gasteiger partial charge in [-0.3, -0.25) is 4.90 Å². The van der Waals surface area contributed by atoms with Crippen LogP contribution in [0.15, 0.2) is 0 Å². The molecule has 0 radical (unpaired) electrons. The van der Waals surface area contributed by atoms with E-state index in [1.165, 1.54) is 0 Å². The molecule has 1 aliphatic heterocycles. The van der Waals surface area contributed by atoms with E-state index in [-0.39, 0.29) is 17.8 Å². The molecule has 1 heterocycles. The van der Waals surface area contributed by atoms with Crippen LogP contribution < -0.4 is 5.32 Å². The van der Waals surface area contributed by atoms with Crippen LogP contribution in [0.1, 0.15) is 54.4 Å². The maximum Gasteiger partial charge on any atom is 0.411 e. The molecule has 1 aliphatic rings. The predicted octanol–water partition coefficient (Wildman–Crippen LogP) is 3.05. The summed E-state index contributed by atoms with van der Waals surface area (Å²) < 4.78 is 10.4. The highest BCUT2D eigenvalue weighted by Crippen LogP contribution is 2.28. The summed E-state index contributed by atoms with van der Waals surface area (Å²) in [5.41, 5.74) is -1.24. The highest BCUT2D eigenvalue weighted by Gasteiger charge is 2.32. The van der Waals surface area contributed by atoms with Gasteiger partial charge in [-0.15, -0.1) is 11.8 Å². The summed E-state index contributed by atoms with van der Waals surface area (Å²) in [4.78, 5) is 36.8. The van der Waals surface area contributed by atoms with E-state index in [1.807, 2.05) is 20.8 Å². The minimum Gasteiger partial charge on any atom is -0.480 e. The van der Waals surface area contributed by atoms with Gasteiger partial charge >= 0.3 is 18.2 Å².